The van der Waals surface area contributed by atoms with E-state index in [1.54, 1.807) is 0 Å². The van der Waals surface area contributed by atoms with E-state index in [0.29, 0.717) is 0 Å². The number of rotatable bonds is 7. The molecule has 0 saturated heterocycles. The van der Waals surface area contributed by atoms with Gasteiger partial charge < -0.3 is 0 Å². The molecule has 0 saturated carbocycles. The Balaban J connectivity index is 3.39. The first kappa shape index (κ1) is 12.8. The Hall–Kier alpha value is 0.797. The molecular formula is C9H20Cl2Si. The molecule has 0 aliphatic carbocycles. The van der Waals surface area contributed by atoms with E-state index in [2.05, 4.69) is 13.8 Å². The summed E-state index contributed by atoms with van der Waals surface area (Å²) in [6.45, 7) is 4.51. The molecule has 3 heteroatoms. The molecule has 0 aromatic heterocycles. The third-order valence-corrected chi connectivity index (χ3v) is 4.42. The fourth-order valence-electron chi connectivity index (χ4n) is 1.41. The monoisotopic (exact) mass is 226 g/mol. The van der Waals surface area contributed by atoms with Gasteiger partial charge in [-0.2, -0.15) is 22.2 Å². The highest BCUT2D eigenvalue weighted by Gasteiger charge is 2.09. The molecule has 0 fully saturated rings. The van der Waals surface area contributed by atoms with Crippen LogP contribution in [0.4, 0.5) is 0 Å². The molecule has 0 heterocycles. The number of unbranched alkanes of at least 4 members (excludes halogenated alkanes) is 1. The Bertz CT molecular complexity index is 96.5. The maximum Gasteiger partial charge on any atom is 0.237 e. The molecule has 0 rings (SSSR count). The first-order chi connectivity index (χ1) is 5.70. The SMILES string of the molecule is CCCCC(CC)CC[SiH](Cl)Cl. The Morgan fingerprint density at radius 1 is 1.17 bits per heavy atom. The lowest BCUT2D eigenvalue weighted by atomic mass is 9.97. The topological polar surface area (TPSA) is 0 Å². The van der Waals surface area contributed by atoms with E-state index in [4.69, 9.17) is 22.2 Å². The van der Waals surface area contributed by atoms with Crippen LogP contribution in [0.3, 0.4) is 0 Å². The van der Waals surface area contributed by atoms with Crippen LogP contribution >= 0.6 is 22.2 Å². The molecule has 1 unspecified atom stereocenters. The second-order valence-corrected chi connectivity index (χ2v) is 8.58. The average molecular weight is 227 g/mol. The Morgan fingerprint density at radius 3 is 2.25 bits per heavy atom. The van der Waals surface area contributed by atoms with Crippen molar-refractivity contribution in [3.63, 3.8) is 0 Å². The van der Waals surface area contributed by atoms with Crippen molar-refractivity contribution < 1.29 is 0 Å². The van der Waals surface area contributed by atoms with Gasteiger partial charge in [-0.05, 0) is 12.0 Å². The third kappa shape index (κ3) is 7.45. The summed E-state index contributed by atoms with van der Waals surface area (Å²) in [4.78, 5) is 0. The second kappa shape index (κ2) is 8.40. The maximum absolute atomic E-state index is 5.82. The molecule has 0 radical (unpaired) electrons. The molecular weight excluding hydrogens is 207 g/mol. The van der Waals surface area contributed by atoms with Gasteiger partial charge in [0.05, 0.1) is 0 Å². The summed E-state index contributed by atoms with van der Waals surface area (Å²) in [5, 5.41) is 0. The van der Waals surface area contributed by atoms with Gasteiger partial charge in [0, 0.05) is 0 Å². The molecule has 0 amide bonds. The minimum atomic E-state index is -1.33. The van der Waals surface area contributed by atoms with Crippen LogP contribution in [0, 0.1) is 5.92 Å². The molecule has 0 aromatic carbocycles. The summed E-state index contributed by atoms with van der Waals surface area (Å²) in [5.41, 5.74) is 0. The smallest absolute Gasteiger partial charge is 0.150 e. The standard InChI is InChI=1S/C9H20Cl2Si/c1-3-5-6-9(4-2)7-8-12(10)11/h9,12H,3-8H2,1-2H3. The Kier molecular flexibility index (Phi) is 8.96. The van der Waals surface area contributed by atoms with E-state index in [1.165, 1.54) is 32.1 Å². The molecule has 0 nitrogen and oxygen atoms in total. The molecule has 0 N–H and O–H groups in total. The van der Waals surface area contributed by atoms with Crippen molar-refractivity contribution in [3.8, 4) is 0 Å². The maximum atomic E-state index is 5.82. The molecule has 0 aromatic rings. The van der Waals surface area contributed by atoms with E-state index in [0.717, 1.165) is 12.0 Å². The highest BCUT2D eigenvalue weighted by Crippen LogP contribution is 2.21. The molecule has 1 atom stereocenters. The number of hydrogen-bond donors (Lipinski definition) is 0. The van der Waals surface area contributed by atoms with Crippen LogP contribution in [0.15, 0.2) is 0 Å². The van der Waals surface area contributed by atoms with E-state index in [-0.39, 0.29) is 0 Å². The van der Waals surface area contributed by atoms with Gasteiger partial charge in [-0.3, -0.25) is 0 Å². The quantitative estimate of drug-likeness (QED) is 0.449. The Morgan fingerprint density at radius 2 is 1.83 bits per heavy atom. The lowest BCUT2D eigenvalue weighted by Gasteiger charge is -2.13. The van der Waals surface area contributed by atoms with Gasteiger partial charge in [0.1, 0.15) is 0 Å². The zero-order valence-corrected chi connectivity index (χ0v) is 10.8. The summed E-state index contributed by atoms with van der Waals surface area (Å²) in [6, 6.07) is 1.09. The van der Waals surface area contributed by atoms with E-state index in [9.17, 15) is 0 Å². The third-order valence-electron chi connectivity index (χ3n) is 2.34. The summed E-state index contributed by atoms with van der Waals surface area (Å²) < 4.78 is 0. The summed E-state index contributed by atoms with van der Waals surface area (Å²) in [6.07, 6.45) is 6.56. The number of hydrogen-bond acceptors (Lipinski definition) is 0. The Labute approximate surface area is 87.7 Å². The highest BCUT2D eigenvalue weighted by atomic mass is 35.7. The molecule has 0 aliphatic rings. The van der Waals surface area contributed by atoms with Gasteiger partial charge in [-0.1, -0.05) is 46.0 Å². The van der Waals surface area contributed by atoms with Crippen molar-refractivity contribution in [2.45, 2.75) is 52.0 Å². The van der Waals surface area contributed by atoms with Gasteiger partial charge in [-0.25, -0.2) is 0 Å². The van der Waals surface area contributed by atoms with Crippen molar-refractivity contribution in [2.75, 3.05) is 0 Å². The first-order valence-electron chi connectivity index (χ1n) is 4.98. The van der Waals surface area contributed by atoms with Gasteiger partial charge in [-0.15, -0.1) is 0 Å². The molecule has 0 spiro atoms. The summed E-state index contributed by atoms with van der Waals surface area (Å²) >= 11 is 11.6. The predicted molar refractivity (Wildman–Crippen MR) is 61.6 cm³/mol. The van der Waals surface area contributed by atoms with Crippen molar-refractivity contribution in [3.05, 3.63) is 0 Å². The predicted octanol–water partition coefficient (Wildman–Crippen LogP) is 4.29. The second-order valence-electron chi connectivity index (χ2n) is 3.38. The molecule has 74 valence electrons. The largest absolute Gasteiger partial charge is 0.237 e. The van der Waals surface area contributed by atoms with Crippen LogP contribution in [0.1, 0.15) is 46.0 Å². The summed E-state index contributed by atoms with van der Waals surface area (Å²) in [5.74, 6) is 0.873. The molecule has 0 bridgehead atoms. The first-order valence-corrected chi connectivity index (χ1v) is 9.29. The normalized spacial score (nSPS) is 13.8. The molecule has 0 aliphatic heterocycles. The van der Waals surface area contributed by atoms with Crippen LogP contribution in [-0.2, 0) is 0 Å². The van der Waals surface area contributed by atoms with E-state index in [1.807, 2.05) is 0 Å². The lowest BCUT2D eigenvalue weighted by molar-refractivity contribution is 0.438. The van der Waals surface area contributed by atoms with Crippen LogP contribution in [0.25, 0.3) is 0 Å². The van der Waals surface area contributed by atoms with Crippen LogP contribution in [0.2, 0.25) is 6.04 Å². The van der Waals surface area contributed by atoms with Crippen molar-refractivity contribution >= 4 is 29.6 Å². The highest BCUT2D eigenvalue weighted by molar-refractivity contribution is 7.33. The van der Waals surface area contributed by atoms with E-state index >= 15 is 0 Å². The fourth-order valence-corrected chi connectivity index (χ4v) is 2.89. The van der Waals surface area contributed by atoms with Crippen LogP contribution in [0.5, 0.6) is 0 Å². The minimum Gasteiger partial charge on any atom is -0.150 e. The van der Waals surface area contributed by atoms with Crippen molar-refractivity contribution in [2.24, 2.45) is 5.92 Å². The summed E-state index contributed by atoms with van der Waals surface area (Å²) in [7, 11) is -1.33. The van der Waals surface area contributed by atoms with Crippen molar-refractivity contribution in [1.29, 1.82) is 0 Å². The van der Waals surface area contributed by atoms with Gasteiger partial charge in [0.25, 0.3) is 0 Å². The number of halogens is 2. The van der Waals surface area contributed by atoms with Gasteiger partial charge >= 0.3 is 0 Å². The average Bonchev–Trinajstić information content (AvgIpc) is 2.05. The fraction of sp³-hybridized carbons (Fsp3) is 1.00. The van der Waals surface area contributed by atoms with Crippen LogP contribution in [-0.4, -0.2) is 7.42 Å². The van der Waals surface area contributed by atoms with Crippen molar-refractivity contribution in [1.82, 2.24) is 0 Å². The van der Waals surface area contributed by atoms with E-state index < -0.39 is 7.42 Å². The minimum absolute atomic E-state index is 0.873. The lowest BCUT2D eigenvalue weighted by Crippen LogP contribution is -2.02. The van der Waals surface area contributed by atoms with Gasteiger partial charge in [0.15, 0.2) is 0 Å². The zero-order valence-electron chi connectivity index (χ0n) is 8.15. The van der Waals surface area contributed by atoms with Crippen LogP contribution < -0.4 is 0 Å². The zero-order chi connectivity index (χ0) is 9.40. The van der Waals surface area contributed by atoms with Gasteiger partial charge in [0.2, 0.25) is 7.42 Å². The molecule has 12 heavy (non-hydrogen) atoms.